The van der Waals surface area contributed by atoms with Crippen LogP contribution in [0.2, 0.25) is 0 Å². The fraction of sp³-hybridized carbons (Fsp3) is 0.250. The minimum absolute atomic E-state index is 0.133. The number of carbonyl (C=O) groups excluding carboxylic acids is 1. The first kappa shape index (κ1) is 25.9. The Labute approximate surface area is 201 Å². The smallest absolute Gasteiger partial charge is 0.273 e. The molecular formula is C24H24F2N2O6S. The predicted octanol–water partition coefficient (Wildman–Crippen LogP) is 3.11. The van der Waals surface area contributed by atoms with Crippen LogP contribution >= 0.6 is 0 Å². The molecule has 0 bridgehead atoms. The molecular weight excluding hydrogens is 482 g/mol. The molecule has 11 heteroatoms. The second-order valence-electron chi connectivity index (χ2n) is 8.01. The Bertz CT molecular complexity index is 1390. The molecule has 0 aliphatic heterocycles. The molecule has 8 nitrogen and oxygen atoms in total. The molecule has 0 unspecified atom stereocenters. The molecule has 186 valence electrons. The zero-order valence-corrected chi connectivity index (χ0v) is 20.1. The van der Waals surface area contributed by atoms with Gasteiger partial charge in [-0.3, -0.25) is 9.59 Å². The zero-order valence-electron chi connectivity index (χ0n) is 19.2. The maximum Gasteiger partial charge on any atom is 0.273 e. The van der Waals surface area contributed by atoms with E-state index in [9.17, 15) is 26.8 Å². The number of carbonyl (C=O) groups is 1. The number of benzene rings is 2. The molecule has 0 saturated heterocycles. The summed E-state index contributed by atoms with van der Waals surface area (Å²) < 4.78 is 58.0. The number of methoxy groups -OCH3 is 1. The summed E-state index contributed by atoms with van der Waals surface area (Å²) in [6, 6.07) is 12.9. The quantitative estimate of drug-likeness (QED) is 0.448. The summed E-state index contributed by atoms with van der Waals surface area (Å²) in [6.45, 7) is 0.887. The SMILES string of the molecule is COc1ccc(-c2cc(=O)n(CC[C@](C)(C(=O)NOc3ccccc3)S(C)(=O)=O)cc2F)c(F)c1. The molecule has 1 aromatic heterocycles. The number of amides is 1. The molecule has 3 rings (SSSR count). The van der Waals surface area contributed by atoms with Gasteiger partial charge in [-0.05, 0) is 37.6 Å². The second-order valence-corrected chi connectivity index (χ2v) is 10.5. The summed E-state index contributed by atoms with van der Waals surface area (Å²) in [7, 11) is -2.63. The van der Waals surface area contributed by atoms with Crippen LogP contribution in [0.15, 0.2) is 65.6 Å². The maximum atomic E-state index is 14.8. The molecule has 0 radical (unpaired) electrons. The van der Waals surface area contributed by atoms with Crippen LogP contribution in [0.3, 0.4) is 0 Å². The molecule has 0 aliphatic rings. The van der Waals surface area contributed by atoms with E-state index >= 15 is 0 Å². The molecule has 1 amide bonds. The summed E-state index contributed by atoms with van der Waals surface area (Å²) in [5, 5.41) is 0. The van der Waals surface area contributed by atoms with Crippen LogP contribution in [-0.4, -0.2) is 37.0 Å². The van der Waals surface area contributed by atoms with E-state index in [1.807, 2.05) is 0 Å². The first-order valence-electron chi connectivity index (χ1n) is 10.4. The Morgan fingerprint density at radius 1 is 1.03 bits per heavy atom. The highest BCUT2D eigenvalue weighted by Crippen LogP contribution is 2.28. The minimum atomic E-state index is -3.99. The molecule has 1 heterocycles. The third kappa shape index (κ3) is 5.68. The number of nitrogens with zero attached hydrogens (tertiary/aromatic N) is 1. The van der Waals surface area contributed by atoms with Gasteiger partial charge in [-0.1, -0.05) is 18.2 Å². The maximum absolute atomic E-state index is 14.8. The molecule has 35 heavy (non-hydrogen) atoms. The Balaban J connectivity index is 1.83. The van der Waals surface area contributed by atoms with Crippen LogP contribution in [0.1, 0.15) is 13.3 Å². The van der Waals surface area contributed by atoms with E-state index < -0.39 is 37.7 Å². The fourth-order valence-electron chi connectivity index (χ4n) is 3.27. The van der Waals surface area contributed by atoms with Gasteiger partial charge in [0, 0.05) is 42.3 Å². The highest BCUT2D eigenvalue weighted by atomic mass is 32.2. The number of aryl methyl sites for hydroxylation is 1. The minimum Gasteiger partial charge on any atom is -0.497 e. The van der Waals surface area contributed by atoms with Crippen LogP contribution in [0.5, 0.6) is 11.5 Å². The molecule has 0 spiro atoms. The van der Waals surface area contributed by atoms with Crippen LogP contribution in [0.25, 0.3) is 11.1 Å². The van der Waals surface area contributed by atoms with Gasteiger partial charge >= 0.3 is 0 Å². The first-order chi connectivity index (χ1) is 16.5. The standard InChI is InChI=1S/C24H24F2N2O6S/c1-24(35(3,31)32,23(30)27-34-16-7-5-4-6-8-16)11-12-28-15-21(26)19(14-22(28)29)18-10-9-17(33-2)13-20(18)25/h4-10,13-15H,11-12H2,1-3H3,(H,27,30)/t24-/m1/s1. The van der Waals surface area contributed by atoms with Crippen LogP contribution < -0.4 is 20.6 Å². The lowest BCUT2D eigenvalue weighted by molar-refractivity contribution is -0.130. The van der Waals surface area contributed by atoms with E-state index in [1.165, 1.54) is 26.2 Å². The third-order valence-corrected chi connectivity index (χ3v) is 7.70. The van der Waals surface area contributed by atoms with Crippen molar-refractivity contribution in [2.24, 2.45) is 0 Å². The van der Waals surface area contributed by atoms with Crippen molar-refractivity contribution < 1.29 is 31.6 Å². The van der Waals surface area contributed by atoms with E-state index in [2.05, 4.69) is 5.48 Å². The number of hydroxylamine groups is 1. The summed E-state index contributed by atoms with van der Waals surface area (Å²) in [4.78, 5) is 30.5. The van der Waals surface area contributed by atoms with Gasteiger partial charge in [0.1, 0.15) is 17.4 Å². The number of pyridine rings is 1. The van der Waals surface area contributed by atoms with Gasteiger partial charge in [0.15, 0.2) is 20.3 Å². The molecule has 2 aromatic carbocycles. The van der Waals surface area contributed by atoms with E-state index in [-0.39, 0.29) is 35.6 Å². The summed E-state index contributed by atoms with van der Waals surface area (Å²) in [6.07, 6.45) is 1.38. The van der Waals surface area contributed by atoms with Gasteiger partial charge in [0.25, 0.3) is 11.5 Å². The van der Waals surface area contributed by atoms with Crippen molar-refractivity contribution in [3.05, 3.63) is 82.8 Å². The van der Waals surface area contributed by atoms with E-state index in [1.54, 1.807) is 30.3 Å². The molecule has 0 saturated carbocycles. The normalized spacial score (nSPS) is 13.1. The summed E-state index contributed by atoms with van der Waals surface area (Å²) in [5.74, 6) is -2.10. The number of aromatic nitrogens is 1. The molecule has 1 N–H and O–H groups in total. The van der Waals surface area contributed by atoms with Crippen LogP contribution in [0.4, 0.5) is 8.78 Å². The molecule has 1 atom stereocenters. The lowest BCUT2D eigenvalue weighted by atomic mass is 10.0. The summed E-state index contributed by atoms with van der Waals surface area (Å²) >= 11 is 0. The number of halogens is 2. The largest absolute Gasteiger partial charge is 0.497 e. The van der Waals surface area contributed by atoms with Crippen molar-refractivity contribution in [2.45, 2.75) is 24.6 Å². The lowest BCUT2D eigenvalue weighted by Crippen LogP contribution is -2.51. The number of ether oxygens (including phenoxy) is 1. The van der Waals surface area contributed by atoms with Crippen molar-refractivity contribution in [1.82, 2.24) is 10.0 Å². The number of sulfone groups is 1. The Morgan fingerprint density at radius 3 is 2.31 bits per heavy atom. The second kappa shape index (κ2) is 10.3. The number of rotatable bonds is 9. The number of nitrogens with one attached hydrogen (secondary N) is 1. The van der Waals surface area contributed by atoms with Crippen molar-refractivity contribution >= 4 is 15.7 Å². The lowest BCUT2D eigenvalue weighted by Gasteiger charge is -2.26. The monoisotopic (exact) mass is 506 g/mol. The topological polar surface area (TPSA) is 104 Å². The van der Waals surface area contributed by atoms with Gasteiger partial charge < -0.3 is 14.1 Å². The van der Waals surface area contributed by atoms with Gasteiger partial charge in [-0.2, -0.15) is 5.48 Å². The first-order valence-corrected chi connectivity index (χ1v) is 12.3. The van der Waals surface area contributed by atoms with Crippen molar-refractivity contribution in [2.75, 3.05) is 13.4 Å². The fourth-order valence-corrected chi connectivity index (χ4v) is 4.11. The number of para-hydroxylation sites is 1. The highest BCUT2D eigenvalue weighted by molar-refractivity contribution is 7.92. The Kier molecular flexibility index (Phi) is 7.59. The predicted molar refractivity (Wildman–Crippen MR) is 126 cm³/mol. The van der Waals surface area contributed by atoms with E-state index in [0.717, 1.165) is 29.2 Å². The highest BCUT2D eigenvalue weighted by Gasteiger charge is 2.44. The van der Waals surface area contributed by atoms with Gasteiger partial charge in [-0.25, -0.2) is 17.2 Å². The van der Waals surface area contributed by atoms with Crippen LogP contribution in [0, 0.1) is 11.6 Å². The average molecular weight is 507 g/mol. The van der Waals surface area contributed by atoms with Crippen LogP contribution in [-0.2, 0) is 21.2 Å². The van der Waals surface area contributed by atoms with Crippen molar-refractivity contribution in [1.29, 1.82) is 0 Å². The Hall–Kier alpha value is -3.73. The average Bonchev–Trinajstić information content (AvgIpc) is 2.82. The van der Waals surface area contributed by atoms with E-state index in [4.69, 9.17) is 9.57 Å². The van der Waals surface area contributed by atoms with Gasteiger partial charge in [-0.15, -0.1) is 0 Å². The van der Waals surface area contributed by atoms with E-state index in [0.29, 0.717) is 0 Å². The van der Waals surface area contributed by atoms with Crippen molar-refractivity contribution in [3.63, 3.8) is 0 Å². The molecule has 0 aliphatic carbocycles. The number of hydrogen-bond donors (Lipinski definition) is 1. The third-order valence-electron chi connectivity index (χ3n) is 5.68. The zero-order chi connectivity index (χ0) is 25.8. The Morgan fingerprint density at radius 2 is 1.71 bits per heavy atom. The van der Waals surface area contributed by atoms with Gasteiger partial charge in [0.05, 0.1) is 7.11 Å². The number of hydrogen-bond acceptors (Lipinski definition) is 6. The molecule has 3 aromatic rings. The van der Waals surface area contributed by atoms with Crippen molar-refractivity contribution in [3.8, 4) is 22.6 Å². The summed E-state index contributed by atoms with van der Waals surface area (Å²) in [5.41, 5.74) is 1.03. The van der Waals surface area contributed by atoms with Gasteiger partial charge in [0.2, 0.25) is 0 Å². The molecule has 0 fully saturated rings.